The Morgan fingerprint density at radius 1 is 0.723 bits per heavy atom. The Kier molecular flexibility index (Phi) is 11.1. The van der Waals surface area contributed by atoms with Gasteiger partial charge in [0.15, 0.2) is 0 Å². The molecule has 0 radical (unpaired) electrons. The number of para-hydroxylation sites is 2. The van der Waals surface area contributed by atoms with Crippen molar-refractivity contribution >= 4 is 41.2 Å². The van der Waals surface area contributed by atoms with Crippen molar-refractivity contribution in [1.82, 2.24) is 10.2 Å². The molecule has 4 N–H and O–H groups in total. The SMILES string of the molecule is CC(C)(C)OC(=O)NCCN(Cc1ccc(C(=O)Nc2ccccc2NC(=O)OC(C)(C)C)cc1)C(=O)Nc1ccc2c(c1)CCC2. The predicted molar refractivity (Wildman–Crippen MR) is 183 cm³/mol. The molecule has 0 saturated carbocycles. The standard InChI is InChI=1S/C36H45N5O6/c1-35(2,3)46-33(44)37-20-21-41(32(43)38-28-19-18-25-10-9-11-27(25)22-28)23-24-14-16-26(17-15-24)31(42)39-29-12-7-8-13-30(29)40-34(45)47-36(4,5)6/h7-8,12-19,22H,9-11,20-21,23H2,1-6H3,(H,37,44)(H,38,43)(H,39,42)(H,40,45). The average molecular weight is 644 g/mol. The lowest BCUT2D eigenvalue weighted by Gasteiger charge is -2.25. The first-order valence-electron chi connectivity index (χ1n) is 15.8. The highest BCUT2D eigenvalue weighted by Gasteiger charge is 2.20. The van der Waals surface area contributed by atoms with E-state index in [1.165, 1.54) is 11.1 Å². The van der Waals surface area contributed by atoms with Crippen molar-refractivity contribution in [3.05, 3.63) is 89.0 Å². The van der Waals surface area contributed by atoms with Crippen LogP contribution in [0.3, 0.4) is 0 Å². The van der Waals surface area contributed by atoms with Crippen LogP contribution < -0.4 is 21.3 Å². The summed E-state index contributed by atoms with van der Waals surface area (Å²) in [7, 11) is 0. The van der Waals surface area contributed by atoms with E-state index in [9.17, 15) is 19.2 Å². The van der Waals surface area contributed by atoms with Crippen molar-refractivity contribution in [1.29, 1.82) is 0 Å². The third-order valence-corrected chi connectivity index (χ3v) is 7.09. The number of ether oxygens (including phenoxy) is 2. The predicted octanol–water partition coefficient (Wildman–Crippen LogP) is 7.33. The van der Waals surface area contributed by atoms with Gasteiger partial charge in [-0.05, 0) is 114 Å². The van der Waals surface area contributed by atoms with Gasteiger partial charge in [-0.3, -0.25) is 10.1 Å². The van der Waals surface area contributed by atoms with Gasteiger partial charge in [0.25, 0.3) is 5.91 Å². The number of rotatable bonds is 9. The van der Waals surface area contributed by atoms with Crippen LogP contribution in [0.25, 0.3) is 0 Å². The third-order valence-electron chi connectivity index (χ3n) is 7.09. The second-order valence-corrected chi connectivity index (χ2v) is 13.4. The number of hydrogen-bond donors (Lipinski definition) is 4. The van der Waals surface area contributed by atoms with E-state index in [0.717, 1.165) is 24.8 Å². The fraction of sp³-hybridized carbons (Fsp3) is 0.389. The smallest absolute Gasteiger partial charge is 0.412 e. The summed E-state index contributed by atoms with van der Waals surface area (Å²) in [4.78, 5) is 52.7. The zero-order chi connectivity index (χ0) is 34.2. The third kappa shape index (κ3) is 11.1. The maximum absolute atomic E-state index is 13.5. The van der Waals surface area contributed by atoms with Gasteiger partial charge in [-0.2, -0.15) is 0 Å². The second kappa shape index (κ2) is 15.0. The molecule has 5 amide bonds. The summed E-state index contributed by atoms with van der Waals surface area (Å²) in [6, 6.07) is 19.4. The van der Waals surface area contributed by atoms with E-state index in [4.69, 9.17) is 9.47 Å². The van der Waals surface area contributed by atoms with E-state index >= 15 is 0 Å². The minimum absolute atomic E-state index is 0.184. The zero-order valence-corrected chi connectivity index (χ0v) is 28.0. The molecule has 3 aromatic rings. The molecule has 4 rings (SSSR count). The number of nitrogens with zero attached hydrogens (tertiary/aromatic N) is 1. The molecule has 3 aromatic carbocycles. The lowest BCUT2D eigenvalue weighted by molar-refractivity contribution is 0.0522. The molecule has 11 nitrogen and oxygen atoms in total. The van der Waals surface area contributed by atoms with Crippen LogP contribution >= 0.6 is 0 Å². The van der Waals surface area contributed by atoms with Gasteiger partial charge in [0.2, 0.25) is 0 Å². The normalized spacial score (nSPS) is 12.4. The summed E-state index contributed by atoms with van der Waals surface area (Å²) in [6.45, 7) is 11.3. The molecular weight excluding hydrogens is 598 g/mol. The van der Waals surface area contributed by atoms with Crippen LogP contribution in [0.1, 0.15) is 75.0 Å². The number of benzene rings is 3. The van der Waals surface area contributed by atoms with E-state index in [1.54, 1.807) is 95.0 Å². The number of alkyl carbamates (subject to hydrolysis) is 1. The molecule has 0 saturated heterocycles. The van der Waals surface area contributed by atoms with Gasteiger partial charge in [-0.1, -0.05) is 30.3 Å². The number of fused-ring (bicyclic) bond motifs is 1. The summed E-state index contributed by atoms with van der Waals surface area (Å²) in [5, 5.41) is 11.2. The van der Waals surface area contributed by atoms with Gasteiger partial charge in [-0.25, -0.2) is 14.4 Å². The van der Waals surface area contributed by atoms with Crippen molar-refractivity contribution in [2.45, 2.75) is 78.6 Å². The first-order chi connectivity index (χ1) is 22.1. The van der Waals surface area contributed by atoms with Crippen molar-refractivity contribution in [2.24, 2.45) is 0 Å². The lowest BCUT2D eigenvalue weighted by Crippen LogP contribution is -2.41. The maximum Gasteiger partial charge on any atom is 0.412 e. The molecule has 11 heteroatoms. The Labute approximate surface area is 276 Å². The number of aryl methyl sites for hydroxylation is 2. The van der Waals surface area contributed by atoms with Gasteiger partial charge in [0.1, 0.15) is 11.2 Å². The van der Waals surface area contributed by atoms with E-state index in [-0.39, 0.29) is 31.6 Å². The molecule has 0 spiro atoms. The summed E-state index contributed by atoms with van der Waals surface area (Å²) < 4.78 is 10.7. The molecular formula is C36H45N5O6. The Hall–Kier alpha value is -5.06. The van der Waals surface area contributed by atoms with Crippen molar-refractivity contribution < 1.29 is 28.7 Å². The van der Waals surface area contributed by atoms with Gasteiger partial charge in [0, 0.05) is 30.9 Å². The van der Waals surface area contributed by atoms with Gasteiger partial charge in [0.05, 0.1) is 11.4 Å². The minimum Gasteiger partial charge on any atom is -0.444 e. The summed E-state index contributed by atoms with van der Waals surface area (Å²) in [5.74, 6) is -0.372. The lowest BCUT2D eigenvalue weighted by atomic mass is 10.1. The number of urea groups is 1. The molecule has 0 fully saturated rings. The van der Waals surface area contributed by atoms with E-state index in [0.29, 0.717) is 22.6 Å². The quantitative estimate of drug-likeness (QED) is 0.193. The largest absolute Gasteiger partial charge is 0.444 e. The Balaban J connectivity index is 1.42. The Bertz CT molecular complexity index is 1590. The zero-order valence-electron chi connectivity index (χ0n) is 28.0. The topological polar surface area (TPSA) is 138 Å². The van der Waals surface area contributed by atoms with E-state index in [1.807, 2.05) is 12.1 Å². The maximum atomic E-state index is 13.5. The van der Waals surface area contributed by atoms with Gasteiger partial charge >= 0.3 is 18.2 Å². The highest BCUT2D eigenvalue weighted by atomic mass is 16.6. The Morgan fingerprint density at radius 3 is 2.00 bits per heavy atom. The monoisotopic (exact) mass is 643 g/mol. The molecule has 1 aliphatic carbocycles. The molecule has 0 atom stereocenters. The number of amides is 5. The first-order valence-corrected chi connectivity index (χ1v) is 15.8. The fourth-order valence-corrected chi connectivity index (χ4v) is 5.00. The molecule has 0 aromatic heterocycles. The molecule has 0 bridgehead atoms. The molecule has 250 valence electrons. The second-order valence-electron chi connectivity index (χ2n) is 13.4. The summed E-state index contributed by atoms with van der Waals surface area (Å²) >= 11 is 0. The number of carbonyl (C=O) groups is 4. The molecule has 0 heterocycles. The molecule has 47 heavy (non-hydrogen) atoms. The van der Waals surface area contributed by atoms with Crippen LogP contribution in [0.2, 0.25) is 0 Å². The Morgan fingerprint density at radius 2 is 1.34 bits per heavy atom. The van der Waals surface area contributed by atoms with Crippen LogP contribution in [-0.4, -0.2) is 53.3 Å². The van der Waals surface area contributed by atoms with Crippen LogP contribution in [0.4, 0.5) is 31.4 Å². The van der Waals surface area contributed by atoms with Gasteiger partial charge < -0.3 is 30.3 Å². The van der Waals surface area contributed by atoms with E-state index < -0.39 is 23.4 Å². The highest BCUT2D eigenvalue weighted by Crippen LogP contribution is 2.26. The molecule has 1 aliphatic rings. The van der Waals surface area contributed by atoms with Crippen LogP contribution in [0, 0.1) is 0 Å². The fourth-order valence-electron chi connectivity index (χ4n) is 5.00. The van der Waals surface area contributed by atoms with E-state index in [2.05, 4.69) is 27.3 Å². The van der Waals surface area contributed by atoms with Gasteiger partial charge in [-0.15, -0.1) is 0 Å². The minimum atomic E-state index is -0.670. The van der Waals surface area contributed by atoms with Crippen molar-refractivity contribution in [3.8, 4) is 0 Å². The number of anilines is 3. The molecule has 0 aliphatic heterocycles. The van der Waals surface area contributed by atoms with Crippen molar-refractivity contribution in [2.75, 3.05) is 29.0 Å². The van der Waals surface area contributed by atoms with Crippen molar-refractivity contribution in [3.63, 3.8) is 0 Å². The molecule has 0 unspecified atom stereocenters. The average Bonchev–Trinajstić information content (AvgIpc) is 3.44. The number of nitrogens with one attached hydrogen (secondary N) is 4. The first kappa shape index (κ1) is 34.8. The number of carbonyl (C=O) groups excluding carboxylic acids is 4. The highest BCUT2D eigenvalue weighted by molar-refractivity contribution is 6.06. The van der Waals surface area contributed by atoms with Crippen LogP contribution in [0.15, 0.2) is 66.7 Å². The van der Waals surface area contributed by atoms with Crippen LogP contribution in [0.5, 0.6) is 0 Å². The number of hydrogen-bond acceptors (Lipinski definition) is 6. The summed E-state index contributed by atoms with van der Waals surface area (Å²) in [6.07, 6.45) is 1.96. The van der Waals surface area contributed by atoms with Crippen LogP contribution in [-0.2, 0) is 28.9 Å². The summed E-state index contributed by atoms with van der Waals surface area (Å²) in [5.41, 5.74) is 3.96.